The maximum absolute atomic E-state index is 11.6. The van der Waals surface area contributed by atoms with Gasteiger partial charge in [-0.05, 0) is 44.7 Å². The van der Waals surface area contributed by atoms with Crippen molar-refractivity contribution in [1.29, 1.82) is 0 Å². The Balaban J connectivity index is 2.36. The summed E-state index contributed by atoms with van der Waals surface area (Å²) < 4.78 is 24.7. The van der Waals surface area contributed by atoms with Gasteiger partial charge in [-0.15, -0.1) is 0 Å². The van der Waals surface area contributed by atoms with E-state index in [1.54, 1.807) is 4.31 Å². The lowest BCUT2D eigenvalue weighted by atomic mass is 9.92. The van der Waals surface area contributed by atoms with Crippen molar-refractivity contribution in [3.8, 4) is 0 Å². The molecule has 0 bridgehead atoms. The highest BCUT2D eigenvalue weighted by Gasteiger charge is 2.27. The van der Waals surface area contributed by atoms with E-state index < -0.39 is 10.0 Å². The molecule has 5 nitrogen and oxygen atoms in total. The van der Waals surface area contributed by atoms with Crippen LogP contribution in [0.3, 0.4) is 0 Å². The molecule has 1 heterocycles. The molecule has 1 N–H and O–H groups in total. The predicted molar refractivity (Wildman–Crippen MR) is 82.2 cm³/mol. The van der Waals surface area contributed by atoms with Gasteiger partial charge in [-0.1, -0.05) is 13.8 Å². The van der Waals surface area contributed by atoms with Gasteiger partial charge in [0, 0.05) is 19.6 Å². The molecule has 6 heteroatoms. The van der Waals surface area contributed by atoms with Crippen molar-refractivity contribution in [1.82, 2.24) is 9.21 Å². The smallest absolute Gasteiger partial charge is 0.211 e. The summed E-state index contributed by atoms with van der Waals surface area (Å²) in [5, 5.41) is 10.1. The van der Waals surface area contributed by atoms with Crippen LogP contribution in [-0.2, 0) is 10.0 Å². The third-order valence-corrected chi connectivity index (χ3v) is 5.50. The zero-order valence-electron chi connectivity index (χ0n) is 13.1. The monoisotopic (exact) mass is 306 g/mol. The summed E-state index contributed by atoms with van der Waals surface area (Å²) >= 11 is 0. The minimum Gasteiger partial charge on any atom is -0.393 e. The molecule has 1 fully saturated rings. The van der Waals surface area contributed by atoms with E-state index in [1.807, 2.05) is 0 Å². The highest BCUT2D eigenvalue weighted by molar-refractivity contribution is 7.88. The molecule has 0 aromatic rings. The first kappa shape index (κ1) is 17.9. The van der Waals surface area contributed by atoms with Crippen LogP contribution >= 0.6 is 0 Å². The number of aliphatic hydroxyl groups excluding tert-OH is 1. The molecule has 1 rings (SSSR count). The lowest BCUT2D eigenvalue weighted by Gasteiger charge is -2.32. The van der Waals surface area contributed by atoms with Crippen molar-refractivity contribution >= 4 is 10.0 Å². The Labute approximate surface area is 124 Å². The van der Waals surface area contributed by atoms with Gasteiger partial charge in [0.05, 0.1) is 12.4 Å². The van der Waals surface area contributed by atoms with E-state index in [2.05, 4.69) is 18.7 Å². The number of aliphatic hydroxyl groups is 1. The SMILES string of the molecule is CCN(CC)CCC(O)CC1CCCN(S(C)(=O)=O)C1. The predicted octanol–water partition coefficient (Wildman–Crippen LogP) is 1.14. The maximum Gasteiger partial charge on any atom is 0.211 e. The molecule has 20 heavy (non-hydrogen) atoms. The van der Waals surface area contributed by atoms with Gasteiger partial charge < -0.3 is 10.0 Å². The van der Waals surface area contributed by atoms with Crippen LogP contribution in [0.2, 0.25) is 0 Å². The van der Waals surface area contributed by atoms with E-state index in [-0.39, 0.29) is 6.10 Å². The van der Waals surface area contributed by atoms with Crippen molar-refractivity contribution < 1.29 is 13.5 Å². The van der Waals surface area contributed by atoms with Crippen LogP contribution in [0.15, 0.2) is 0 Å². The normalized spacial score (nSPS) is 23.1. The molecule has 1 saturated heterocycles. The van der Waals surface area contributed by atoms with E-state index in [0.29, 0.717) is 25.4 Å². The molecule has 0 amide bonds. The van der Waals surface area contributed by atoms with E-state index in [4.69, 9.17) is 0 Å². The molecule has 1 aliphatic rings. The molecule has 2 atom stereocenters. The second kappa shape index (κ2) is 8.32. The minimum atomic E-state index is -3.08. The second-order valence-electron chi connectivity index (χ2n) is 5.83. The van der Waals surface area contributed by atoms with Crippen LogP contribution in [0.1, 0.15) is 39.5 Å². The number of sulfonamides is 1. The molecule has 0 aromatic heterocycles. The Kier molecular flexibility index (Phi) is 7.43. The van der Waals surface area contributed by atoms with Crippen molar-refractivity contribution in [2.75, 3.05) is 39.0 Å². The van der Waals surface area contributed by atoms with Crippen LogP contribution in [0.25, 0.3) is 0 Å². The molecular formula is C14H30N2O3S. The van der Waals surface area contributed by atoms with Crippen LogP contribution in [0.4, 0.5) is 0 Å². The van der Waals surface area contributed by atoms with Gasteiger partial charge in [0.2, 0.25) is 10.0 Å². The van der Waals surface area contributed by atoms with Gasteiger partial charge in [-0.2, -0.15) is 0 Å². The van der Waals surface area contributed by atoms with Gasteiger partial charge in [0.1, 0.15) is 0 Å². The second-order valence-corrected chi connectivity index (χ2v) is 7.82. The molecule has 120 valence electrons. The first-order chi connectivity index (χ1) is 9.36. The fraction of sp³-hybridized carbons (Fsp3) is 1.00. The Morgan fingerprint density at radius 3 is 2.55 bits per heavy atom. The maximum atomic E-state index is 11.6. The van der Waals surface area contributed by atoms with Crippen molar-refractivity contribution in [2.24, 2.45) is 5.92 Å². The lowest BCUT2D eigenvalue weighted by Crippen LogP contribution is -2.40. The molecule has 0 spiro atoms. The van der Waals surface area contributed by atoms with Gasteiger partial charge in [-0.25, -0.2) is 12.7 Å². The quantitative estimate of drug-likeness (QED) is 0.730. The molecule has 0 aromatic carbocycles. The van der Waals surface area contributed by atoms with Crippen LogP contribution < -0.4 is 0 Å². The van der Waals surface area contributed by atoms with Crippen LogP contribution in [-0.4, -0.2) is 67.8 Å². The molecule has 0 saturated carbocycles. The fourth-order valence-corrected chi connectivity index (χ4v) is 3.84. The summed E-state index contributed by atoms with van der Waals surface area (Å²) in [7, 11) is -3.08. The first-order valence-corrected chi connectivity index (χ1v) is 9.57. The number of piperidine rings is 1. The minimum absolute atomic E-state index is 0.296. The zero-order chi connectivity index (χ0) is 15.2. The molecule has 0 radical (unpaired) electrons. The summed E-state index contributed by atoms with van der Waals surface area (Å²) in [6.45, 7) is 8.38. The summed E-state index contributed by atoms with van der Waals surface area (Å²) in [5.74, 6) is 0.296. The third-order valence-electron chi connectivity index (χ3n) is 4.23. The number of hydrogen-bond acceptors (Lipinski definition) is 4. The average Bonchev–Trinajstić information content (AvgIpc) is 2.39. The first-order valence-electron chi connectivity index (χ1n) is 7.72. The van der Waals surface area contributed by atoms with E-state index >= 15 is 0 Å². The topological polar surface area (TPSA) is 60.9 Å². The Morgan fingerprint density at radius 2 is 2.00 bits per heavy atom. The van der Waals surface area contributed by atoms with E-state index in [0.717, 1.165) is 38.9 Å². The highest BCUT2D eigenvalue weighted by Crippen LogP contribution is 2.23. The molecule has 0 aliphatic carbocycles. The standard InChI is InChI=1S/C14H30N2O3S/c1-4-15(5-2)10-8-14(17)11-13-7-6-9-16(12-13)20(3,18)19/h13-14,17H,4-12H2,1-3H3. The third kappa shape index (κ3) is 6.08. The van der Waals surface area contributed by atoms with Crippen LogP contribution in [0, 0.1) is 5.92 Å². The summed E-state index contributed by atoms with van der Waals surface area (Å²) in [6, 6.07) is 0. The zero-order valence-corrected chi connectivity index (χ0v) is 13.9. The van der Waals surface area contributed by atoms with Gasteiger partial charge in [0.15, 0.2) is 0 Å². The number of hydrogen-bond donors (Lipinski definition) is 1. The lowest BCUT2D eigenvalue weighted by molar-refractivity contribution is 0.102. The number of nitrogens with zero attached hydrogens (tertiary/aromatic N) is 2. The summed E-state index contributed by atoms with van der Waals surface area (Å²) in [4.78, 5) is 2.30. The van der Waals surface area contributed by atoms with Crippen LogP contribution in [0.5, 0.6) is 0 Å². The Bertz CT molecular complexity index is 369. The number of rotatable bonds is 8. The summed E-state index contributed by atoms with van der Waals surface area (Å²) in [5.41, 5.74) is 0. The van der Waals surface area contributed by atoms with E-state index in [1.165, 1.54) is 6.26 Å². The van der Waals surface area contributed by atoms with Gasteiger partial charge >= 0.3 is 0 Å². The van der Waals surface area contributed by atoms with Crippen molar-refractivity contribution in [3.63, 3.8) is 0 Å². The van der Waals surface area contributed by atoms with Gasteiger partial charge in [0.25, 0.3) is 0 Å². The Morgan fingerprint density at radius 1 is 1.35 bits per heavy atom. The largest absolute Gasteiger partial charge is 0.393 e. The Hall–Kier alpha value is -0.170. The molecule has 2 unspecified atom stereocenters. The fourth-order valence-electron chi connectivity index (χ4n) is 2.89. The van der Waals surface area contributed by atoms with Gasteiger partial charge in [-0.3, -0.25) is 0 Å². The average molecular weight is 306 g/mol. The van der Waals surface area contributed by atoms with Crippen molar-refractivity contribution in [2.45, 2.75) is 45.6 Å². The van der Waals surface area contributed by atoms with Crippen molar-refractivity contribution in [3.05, 3.63) is 0 Å². The van der Waals surface area contributed by atoms with E-state index in [9.17, 15) is 13.5 Å². The highest BCUT2D eigenvalue weighted by atomic mass is 32.2. The summed E-state index contributed by atoms with van der Waals surface area (Å²) in [6.07, 6.45) is 4.37. The molecular weight excluding hydrogens is 276 g/mol. The molecule has 1 aliphatic heterocycles.